The molecular weight excluding hydrogens is 274 g/mol. The van der Waals surface area contributed by atoms with Gasteiger partial charge in [-0.3, -0.25) is 5.10 Å². The number of urea groups is 1. The number of aromatic amines is 1. The lowest BCUT2D eigenvalue weighted by Gasteiger charge is -2.16. The average molecular weight is 289 g/mol. The summed E-state index contributed by atoms with van der Waals surface area (Å²) in [5.41, 5.74) is 1.04. The van der Waals surface area contributed by atoms with Crippen LogP contribution in [-0.2, 0) is 13.1 Å². The quantitative estimate of drug-likeness (QED) is 0.755. The number of aromatic nitrogens is 3. The van der Waals surface area contributed by atoms with Crippen molar-refractivity contribution in [3.8, 4) is 0 Å². The molecule has 0 saturated heterocycles. The Bertz CT molecular complexity index is 609. The molecule has 1 heterocycles. The molecule has 110 valence electrons. The molecule has 2 amide bonds. The van der Waals surface area contributed by atoms with Gasteiger partial charge in [0.25, 0.3) is 0 Å². The molecule has 8 heteroatoms. The first-order valence-electron chi connectivity index (χ1n) is 6.21. The number of benzene rings is 1. The molecule has 0 saturated carbocycles. The summed E-state index contributed by atoms with van der Waals surface area (Å²) in [6.07, 6.45) is 1.38. The maximum absolute atomic E-state index is 11.9. The van der Waals surface area contributed by atoms with E-state index in [4.69, 9.17) is 5.11 Å². The van der Waals surface area contributed by atoms with Gasteiger partial charge < -0.3 is 15.3 Å². The number of carbonyl (C=O) groups excluding carboxylic acids is 1. The zero-order valence-corrected chi connectivity index (χ0v) is 11.4. The highest BCUT2D eigenvalue weighted by Gasteiger charge is 2.10. The predicted molar refractivity (Wildman–Crippen MR) is 73.5 cm³/mol. The van der Waals surface area contributed by atoms with E-state index in [1.54, 1.807) is 19.2 Å². The fraction of sp³-hybridized carbons (Fsp3) is 0.231. The van der Waals surface area contributed by atoms with Crippen LogP contribution in [0.25, 0.3) is 0 Å². The van der Waals surface area contributed by atoms with E-state index in [0.717, 1.165) is 5.56 Å². The van der Waals surface area contributed by atoms with E-state index in [1.807, 2.05) is 0 Å². The highest BCUT2D eigenvalue weighted by molar-refractivity contribution is 5.87. The standard InChI is InChI=1S/C13H15N5O3/c1-18(7-11-15-8-16-17-11)13(21)14-6-9-2-4-10(5-3-9)12(19)20/h2-5,8H,6-7H2,1H3,(H,14,21)(H,19,20)(H,15,16,17). The third kappa shape index (κ3) is 4.03. The van der Waals surface area contributed by atoms with Crippen LogP contribution in [0.1, 0.15) is 21.7 Å². The van der Waals surface area contributed by atoms with E-state index in [1.165, 1.54) is 23.4 Å². The summed E-state index contributed by atoms with van der Waals surface area (Å²) in [4.78, 5) is 28.0. The second kappa shape index (κ2) is 6.51. The van der Waals surface area contributed by atoms with Crippen LogP contribution in [0.3, 0.4) is 0 Å². The van der Waals surface area contributed by atoms with Gasteiger partial charge in [-0.2, -0.15) is 5.10 Å². The first kappa shape index (κ1) is 14.5. The van der Waals surface area contributed by atoms with E-state index in [2.05, 4.69) is 20.5 Å². The highest BCUT2D eigenvalue weighted by Crippen LogP contribution is 2.04. The average Bonchev–Trinajstić information content (AvgIpc) is 2.98. The van der Waals surface area contributed by atoms with Crippen LogP contribution in [0.2, 0.25) is 0 Å². The van der Waals surface area contributed by atoms with Gasteiger partial charge in [-0.1, -0.05) is 12.1 Å². The van der Waals surface area contributed by atoms with Gasteiger partial charge in [0.1, 0.15) is 12.2 Å². The Labute approximate surface area is 120 Å². The normalized spacial score (nSPS) is 10.1. The van der Waals surface area contributed by atoms with Crippen LogP contribution < -0.4 is 5.32 Å². The Morgan fingerprint density at radius 2 is 2.05 bits per heavy atom. The maximum atomic E-state index is 11.9. The maximum Gasteiger partial charge on any atom is 0.335 e. The van der Waals surface area contributed by atoms with E-state index < -0.39 is 5.97 Å². The SMILES string of the molecule is CN(Cc1ncn[nH]1)C(=O)NCc1ccc(C(=O)O)cc1. The summed E-state index contributed by atoms with van der Waals surface area (Å²) >= 11 is 0. The zero-order chi connectivity index (χ0) is 15.2. The van der Waals surface area contributed by atoms with Gasteiger partial charge in [0.05, 0.1) is 12.1 Å². The molecule has 0 aliphatic rings. The summed E-state index contributed by atoms with van der Waals surface area (Å²) in [6.45, 7) is 0.642. The molecule has 21 heavy (non-hydrogen) atoms. The van der Waals surface area contributed by atoms with Crippen molar-refractivity contribution in [1.82, 2.24) is 25.4 Å². The van der Waals surface area contributed by atoms with Crippen molar-refractivity contribution < 1.29 is 14.7 Å². The number of amides is 2. The highest BCUT2D eigenvalue weighted by atomic mass is 16.4. The van der Waals surface area contributed by atoms with Crippen LogP contribution in [0.5, 0.6) is 0 Å². The Kier molecular flexibility index (Phi) is 4.50. The molecule has 0 spiro atoms. The van der Waals surface area contributed by atoms with Gasteiger partial charge in [0, 0.05) is 13.6 Å². The number of H-pyrrole nitrogens is 1. The van der Waals surface area contributed by atoms with Gasteiger partial charge in [-0.15, -0.1) is 0 Å². The van der Waals surface area contributed by atoms with Gasteiger partial charge >= 0.3 is 12.0 Å². The van der Waals surface area contributed by atoms with Gasteiger partial charge in [-0.05, 0) is 17.7 Å². The fourth-order valence-corrected chi connectivity index (χ4v) is 1.68. The molecule has 0 bridgehead atoms. The summed E-state index contributed by atoms with van der Waals surface area (Å²) in [5.74, 6) is -0.379. The van der Waals surface area contributed by atoms with Crippen LogP contribution >= 0.6 is 0 Å². The number of aromatic carboxylic acids is 1. The smallest absolute Gasteiger partial charge is 0.335 e. The second-order valence-corrected chi connectivity index (χ2v) is 4.45. The third-order valence-corrected chi connectivity index (χ3v) is 2.84. The first-order valence-corrected chi connectivity index (χ1v) is 6.21. The molecule has 2 aromatic rings. The summed E-state index contributed by atoms with van der Waals surface area (Å²) in [6, 6.07) is 6.08. The van der Waals surface area contributed by atoms with Crippen molar-refractivity contribution in [2.45, 2.75) is 13.1 Å². The van der Waals surface area contributed by atoms with E-state index in [-0.39, 0.29) is 11.6 Å². The lowest BCUT2D eigenvalue weighted by atomic mass is 10.1. The molecule has 0 aliphatic heterocycles. The minimum absolute atomic E-state index is 0.215. The summed E-state index contributed by atoms with van der Waals surface area (Å²) in [5, 5.41) is 17.9. The molecule has 0 aliphatic carbocycles. The second-order valence-electron chi connectivity index (χ2n) is 4.45. The number of hydrogen-bond donors (Lipinski definition) is 3. The lowest BCUT2D eigenvalue weighted by Crippen LogP contribution is -2.36. The Morgan fingerprint density at radius 1 is 1.33 bits per heavy atom. The molecule has 2 rings (SSSR count). The Morgan fingerprint density at radius 3 is 2.62 bits per heavy atom. The van der Waals surface area contributed by atoms with Gasteiger partial charge in [-0.25, -0.2) is 14.6 Å². The van der Waals surface area contributed by atoms with Crippen molar-refractivity contribution in [1.29, 1.82) is 0 Å². The molecule has 0 unspecified atom stereocenters. The molecule has 1 aromatic carbocycles. The topological polar surface area (TPSA) is 111 Å². The monoisotopic (exact) mass is 289 g/mol. The molecule has 0 radical (unpaired) electrons. The van der Waals surface area contributed by atoms with Crippen LogP contribution in [-0.4, -0.2) is 44.2 Å². The van der Waals surface area contributed by atoms with Gasteiger partial charge in [0.15, 0.2) is 0 Å². The lowest BCUT2D eigenvalue weighted by molar-refractivity contribution is 0.0697. The molecular formula is C13H15N5O3. The van der Waals surface area contributed by atoms with Crippen LogP contribution in [0.4, 0.5) is 4.79 Å². The van der Waals surface area contributed by atoms with E-state index >= 15 is 0 Å². The fourth-order valence-electron chi connectivity index (χ4n) is 1.68. The minimum atomic E-state index is -0.975. The van der Waals surface area contributed by atoms with E-state index in [0.29, 0.717) is 18.9 Å². The van der Waals surface area contributed by atoms with Crippen molar-refractivity contribution in [2.75, 3.05) is 7.05 Å². The third-order valence-electron chi connectivity index (χ3n) is 2.84. The Hall–Kier alpha value is -2.90. The van der Waals surface area contributed by atoms with Crippen molar-refractivity contribution in [3.05, 3.63) is 47.5 Å². The molecule has 3 N–H and O–H groups in total. The molecule has 8 nitrogen and oxygen atoms in total. The van der Waals surface area contributed by atoms with Crippen molar-refractivity contribution >= 4 is 12.0 Å². The molecule has 0 atom stereocenters. The first-order chi connectivity index (χ1) is 10.1. The molecule has 0 fully saturated rings. The number of hydrogen-bond acceptors (Lipinski definition) is 4. The number of carboxylic acid groups (broad SMARTS) is 1. The minimum Gasteiger partial charge on any atom is -0.478 e. The van der Waals surface area contributed by atoms with Crippen LogP contribution in [0, 0.1) is 0 Å². The number of carboxylic acids is 1. The van der Waals surface area contributed by atoms with Crippen molar-refractivity contribution in [3.63, 3.8) is 0 Å². The van der Waals surface area contributed by atoms with Crippen molar-refractivity contribution in [2.24, 2.45) is 0 Å². The zero-order valence-electron chi connectivity index (χ0n) is 11.4. The largest absolute Gasteiger partial charge is 0.478 e. The van der Waals surface area contributed by atoms with Gasteiger partial charge in [0.2, 0.25) is 0 Å². The Balaban J connectivity index is 1.84. The number of carbonyl (C=O) groups is 2. The number of nitrogens with one attached hydrogen (secondary N) is 2. The molecule has 1 aromatic heterocycles. The summed E-state index contributed by atoms with van der Waals surface area (Å²) < 4.78 is 0. The number of rotatable bonds is 5. The predicted octanol–water partition coefficient (Wildman–Crippen LogP) is 0.844. The summed E-state index contributed by atoms with van der Waals surface area (Å²) in [7, 11) is 1.64. The van der Waals surface area contributed by atoms with Crippen LogP contribution in [0.15, 0.2) is 30.6 Å². The number of nitrogens with zero attached hydrogens (tertiary/aromatic N) is 3. The van der Waals surface area contributed by atoms with E-state index in [9.17, 15) is 9.59 Å².